The van der Waals surface area contributed by atoms with E-state index in [2.05, 4.69) is 26.7 Å². The molecule has 0 radical (unpaired) electrons. The number of nitrogen functional groups attached to an aromatic ring is 1. The summed E-state index contributed by atoms with van der Waals surface area (Å²) in [7, 11) is 0. The van der Waals surface area contributed by atoms with E-state index in [4.69, 9.17) is 20.2 Å². The quantitative estimate of drug-likeness (QED) is 0.411. The largest absolute Gasteiger partial charge is 0.494 e. The average Bonchev–Trinajstić information content (AvgIpc) is 3.13. The van der Waals surface area contributed by atoms with Crippen LogP contribution >= 0.6 is 11.8 Å². The Balaban J connectivity index is 1.73. The van der Waals surface area contributed by atoms with Crippen molar-refractivity contribution < 1.29 is 9.47 Å². The third-order valence-electron chi connectivity index (χ3n) is 4.72. The summed E-state index contributed by atoms with van der Waals surface area (Å²) < 4.78 is 13.6. The molecule has 160 valence electrons. The first-order valence-corrected chi connectivity index (χ1v) is 11.1. The summed E-state index contributed by atoms with van der Waals surface area (Å²) in [5.41, 5.74) is 8.68. The number of hydrogen-bond acceptors (Lipinski definition) is 7. The molecular formula is C23H25N5O2S. The fourth-order valence-electron chi connectivity index (χ4n) is 3.30. The molecule has 0 saturated heterocycles. The molecule has 7 nitrogen and oxygen atoms in total. The summed E-state index contributed by atoms with van der Waals surface area (Å²) in [5, 5.41) is 0.785. The van der Waals surface area contributed by atoms with Crippen LogP contribution in [0.1, 0.15) is 19.4 Å². The zero-order valence-electron chi connectivity index (χ0n) is 17.6. The Bertz CT molecular complexity index is 1160. The molecule has 2 aromatic carbocycles. The normalized spacial score (nSPS) is 11.0. The second-order valence-electron chi connectivity index (χ2n) is 6.79. The zero-order valence-corrected chi connectivity index (χ0v) is 18.4. The van der Waals surface area contributed by atoms with Crippen LogP contribution in [0.15, 0.2) is 64.9 Å². The summed E-state index contributed by atoms with van der Waals surface area (Å²) in [6.45, 7) is 5.82. The molecule has 0 amide bonds. The topological polar surface area (TPSA) is 88.1 Å². The van der Waals surface area contributed by atoms with Crippen LogP contribution in [0.2, 0.25) is 0 Å². The monoisotopic (exact) mass is 435 g/mol. The van der Waals surface area contributed by atoms with Gasteiger partial charge in [-0.25, -0.2) is 15.0 Å². The van der Waals surface area contributed by atoms with Crippen molar-refractivity contribution in [1.29, 1.82) is 0 Å². The van der Waals surface area contributed by atoms with Crippen molar-refractivity contribution in [2.45, 2.75) is 36.9 Å². The van der Waals surface area contributed by atoms with Gasteiger partial charge in [-0.05, 0) is 55.8 Å². The Kier molecular flexibility index (Phi) is 6.57. The highest BCUT2D eigenvalue weighted by molar-refractivity contribution is 7.99. The Labute approximate surface area is 185 Å². The second-order valence-corrected chi connectivity index (χ2v) is 7.80. The number of nitrogens with zero attached hydrogens (tertiary/aromatic N) is 4. The fraction of sp³-hybridized carbons (Fsp3) is 0.261. The SMILES string of the molecule is CCOc1ccc(OCC)c(Sc2nc3c(N)ncnc3n2CCc2ccccc2)c1. The van der Waals surface area contributed by atoms with E-state index < -0.39 is 0 Å². The molecule has 0 fully saturated rings. The molecule has 0 aliphatic rings. The maximum atomic E-state index is 6.10. The summed E-state index contributed by atoms with van der Waals surface area (Å²) >= 11 is 1.51. The molecule has 2 aromatic heterocycles. The zero-order chi connectivity index (χ0) is 21.6. The third kappa shape index (κ3) is 4.74. The van der Waals surface area contributed by atoms with Crippen LogP contribution in [-0.2, 0) is 13.0 Å². The van der Waals surface area contributed by atoms with Crippen LogP contribution in [0, 0.1) is 0 Å². The van der Waals surface area contributed by atoms with Gasteiger partial charge in [0.1, 0.15) is 17.8 Å². The molecule has 0 atom stereocenters. The number of nitrogens with two attached hydrogens (primary N) is 1. The lowest BCUT2D eigenvalue weighted by Crippen LogP contribution is -2.05. The van der Waals surface area contributed by atoms with Gasteiger partial charge in [0, 0.05) is 6.54 Å². The summed E-state index contributed by atoms with van der Waals surface area (Å²) in [4.78, 5) is 14.3. The fourth-order valence-corrected chi connectivity index (χ4v) is 4.32. The number of anilines is 1. The van der Waals surface area contributed by atoms with Gasteiger partial charge in [0.05, 0.1) is 18.1 Å². The molecule has 31 heavy (non-hydrogen) atoms. The molecule has 8 heteroatoms. The second kappa shape index (κ2) is 9.70. The van der Waals surface area contributed by atoms with Gasteiger partial charge in [-0.1, -0.05) is 30.3 Å². The molecule has 0 bridgehead atoms. The predicted octanol–water partition coefficient (Wildman–Crippen LogP) is 4.60. The lowest BCUT2D eigenvalue weighted by Gasteiger charge is -2.13. The van der Waals surface area contributed by atoms with Crippen LogP contribution < -0.4 is 15.2 Å². The number of ether oxygens (including phenoxy) is 2. The minimum Gasteiger partial charge on any atom is -0.494 e. The smallest absolute Gasteiger partial charge is 0.175 e. The van der Waals surface area contributed by atoms with Crippen molar-refractivity contribution in [3.8, 4) is 11.5 Å². The lowest BCUT2D eigenvalue weighted by atomic mass is 10.1. The van der Waals surface area contributed by atoms with Gasteiger partial charge in [0.25, 0.3) is 0 Å². The molecule has 2 heterocycles. The van der Waals surface area contributed by atoms with Crippen molar-refractivity contribution in [2.75, 3.05) is 18.9 Å². The molecule has 0 saturated carbocycles. The van der Waals surface area contributed by atoms with E-state index in [-0.39, 0.29) is 0 Å². The molecule has 4 rings (SSSR count). The number of benzene rings is 2. The lowest BCUT2D eigenvalue weighted by molar-refractivity contribution is 0.323. The highest BCUT2D eigenvalue weighted by Crippen LogP contribution is 2.38. The van der Waals surface area contributed by atoms with Gasteiger partial charge in [0.2, 0.25) is 0 Å². The number of fused-ring (bicyclic) bond motifs is 1. The Morgan fingerprint density at radius 2 is 1.81 bits per heavy atom. The van der Waals surface area contributed by atoms with Gasteiger partial charge in [-0.3, -0.25) is 0 Å². The summed E-state index contributed by atoms with van der Waals surface area (Å²) in [6, 6.07) is 16.2. The van der Waals surface area contributed by atoms with Gasteiger partial charge in [-0.2, -0.15) is 0 Å². The average molecular weight is 436 g/mol. The van der Waals surface area contributed by atoms with E-state index in [1.807, 2.05) is 50.2 Å². The molecule has 4 aromatic rings. The number of hydrogen-bond donors (Lipinski definition) is 1. The van der Waals surface area contributed by atoms with E-state index in [0.29, 0.717) is 31.1 Å². The van der Waals surface area contributed by atoms with Crippen molar-refractivity contribution in [1.82, 2.24) is 19.5 Å². The number of aromatic nitrogens is 4. The van der Waals surface area contributed by atoms with Gasteiger partial charge in [-0.15, -0.1) is 0 Å². The summed E-state index contributed by atoms with van der Waals surface area (Å²) in [6.07, 6.45) is 2.33. The maximum absolute atomic E-state index is 6.10. The molecule has 0 unspecified atom stereocenters. The number of imidazole rings is 1. The van der Waals surface area contributed by atoms with Crippen LogP contribution in [0.25, 0.3) is 11.2 Å². The van der Waals surface area contributed by atoms with Gasteiger partial charge < -0.3 is 19.8 Å². The number of rotatable bonds is 9. The minimum atomic E-state index is 0.374. The van der Waals surface area contributed by atoms with E-state index in [9.17, 15) is 0 Å². The van der Waals surface area contributed by atoms with Crippen molar-refractivity contribution in [3.63, 3.8) is 0 Å². The summed E-state index contributed by atoms with van der Waals surface area (Å²) in [5.74, 6) is 1.95. The standard InChI is InChI=1S/C23H25N5O2S/c1-3-29-17-10-11-18(30-4-2)19(14-17)31-23-27-20-21(24)25-15-26-22(20)28(23)13-12-16-8-6-5-7-9-16/h5-11,14-15H,3-4,12-13H2,1-2H3,(H2,24,25,26). The van der Waals surface area contributed by atoms with E-state index >= 15 is 0 Å². The molecule has 0 aliphatic carbocycles. The van der Waals surface area contributed by atoms with Crippen LogP contribution in [0.3, 0.4) is 0 Å². The van der Waals surface area contributed by atoms with E-state index in [1.165, 1.54) is 23.7 Å². The first-order valence-electron chi connectivity index (χ1n) is 10.3. The number of aryl methyl sites for hydroxylation is 2. The first kappa shape index (κ1) is 21.0. The Hall–Kier alpha value is -3.26. The van der Waals surface area contributed by atoms with Crippen LogP contribution in [0.4, 0.5) is 5.82 Å². The maximum Gasteiger partial charge on any atom is 0.175 e. The third-order valence-corrected chi connectivity index (χ3v) is 5.75. The van der Waals surface area contributed by atoms with Crippen LogP contribution in [0.5, 0.6) is 11.5 Å². The Morgan fingerprint density at radius 1 is 1.00 bits per heavy atom. The van der Waals surface area contributed by atoms with E-state index in [0.717, 1.165) is 33.6 Å². The molecule has 0 spiro atoms. The first-order chi connectivity index (χ1) is 15.2. The molecule has 2 N–H and O–H groups in total. The predicted molar refractivity (Wildman–Crippen MR) is 123 cm³/mol. The van der Waals surface area contributed by atoms with Crippen LogP contribution in [-0.4, -0.2) is 32.7 Å². The van der Waals surface area contributed by atoms with Crippen molar-refractivity contribution >= 4 is 28.7 Å². The highest BCUT2D eigenvalue weighted by Gasteiger charge is 2.18. The molecule has 0 aliphatic heterocycles. The van der Waals surface area contributed by atoms with E-state index in [1.54, 1.807) is 0 Å². The van der Waals surface area contributed by atoms with Crippen molar-refractivity contribution in [3.05, 3.63) is 60.4 Å². The Morgan fingerprint density at radius 3 is 2.58 bits per heavy atom. The van der Waals surface area contributed by atoms with Gasteiger partial charge in [0.15, 0.2) is 22.1 Å². The molecular weight excluding hydrogens is 410 g/mol. The minimum absolute atomic E-state index is 0.374. The van der Waals surface area contributed by atoms with Crippen molar-refractivity contribution in [2.24, 2.45) is 0 Å². The highest BCUT2D eigenvalue weighted by atomic mass is 32.2. The van der Waals surface area contributed by atoms with Gasteiger partial charge >= 0.3 is 0 Å².